The Morgan fingerprint density at radius 2 is 1.68 bits per heavy atom. The molecule has 2 aromatic carbocycles. The molecule has 106 valence electrons. The first-order chi connectivity index (χ1) is 10.9. The Bertz CT molecular complexity index is 875. The van der Waals surface area contributed by atoms with Crippen molar-refractivity contribution in [3.05, 3.63) is 102 Å². The Balaban J connectivity index is 1.98. The fraction of sp³-hybridized carbons (Fsp3) is 0.0500. The van der Waals surface area contributed by atoms with Gasteiger partial charge in [-0.05, 0) is 35.4 Å². The number of pyridine rings is 1. The Morgan fingerprint density at radius 1 is 0.773 bits per heavy atom. The summed E-state index contributed by atoms with van der Waals surface area (Å²) in [7, 11) is 0. The maximum atomic E-state index is 4.49. The van der Waals surface area contributed by atoms with Gasteiger partial charge in [0.2, 0.25) is 0 Å². The predicted octanol–water partition coefficient (Wildman–Crippen LogP) is 4.74. The number of nitrogens with zero attached hydrogens (tertiary/aromatic N) is 1. The largest absolute Gasteiger partial charge is 0.364 e. The van der Waals surface area contributed by atoms with Crippen LogP contribution in [0.4, 0.5) is 0 Å². The lowest BCUT2D eigenvalue weighted by molar-refractivity contribution is 0.942. The lowest BCUT2D eigenvalue weighted by Crippen LogP contribution is -2.04. The molecule has 0 aliphatic heterocycles. The molecule has 0 radical (unpaired) electrons. The number of benzene rings is 2. The zero-order valence-corrected chi connectivity index (χ0v) is 12.1. The van der Waals surface area contributed by atoms with Gasteiger partial charge in [-0.1, -0.05) is 48.5 Å². The highest BCUT2D eigenvalue weighted by Crippen LogP contribution is 2.34. The van der Waals surface area contributed by atoms with Crippen LogP contribution >= 0.6 is 0 Å². The molecule has 2 heterocycles. The third-order valence-corrected chi connectivity index (χ3v) is 4.06. The van der Waals surface area contributed by atoms with Crippen molar-refractivity contribution in [2.45, 2.75) is 5.92 Å². The topological polar surface area (TPSA) is 28.7 Å². The zero-order valence-electron chi connectivity index (χ0n) is 12.1. The SMILES string of the molecule is c1ccc(C(c2ccc[nH]2)c2cccc3ncccc23)cc1. The molecule has 0 saturated carbocycles. The number of hydrogen-bond acceptors (Lipinski definition) is 1. The molecule has 1 unspecified atom stereocenters. The average Bonchev–Trinajstić information content (AvgIpc) is 3.11. The lowest BCUT2D eigenvalue weighted by atomic mass is 9.86. The van der Waals surface area contributed by atoms with Crippen molar-refractivity contribution in [3.8, 4) is 0 Å². The number of hydrogen-bond donors (Lipinski definition) is 1. The molecule has 0 aliphatic carbocycles. The van der Waals surface area contributed by atoms with E-state index in [9.17, 15) is 0 Å². The van der Waals surface area contributed by atoms with Crippen molar-refractivity contribution in [3.63, 3.8) is 0 Å². The fourth-order valence-electron chi connectivity index (χ4n) is 3.07. The Labute approximate surface area is 129 Å². The molecular weight excluding hydrogens is 268 g/mol. The monoisotopic (exact) mass is 284 g/mol. The molecule has 2 heteroatoms. The Hall–Kier alpha value is -2.87. The first kappa shape index (κ1) is 12.8. The molecule has 0 aliphatic rings. The van der Waals surface area contributed by atoms with Crippen LogP contribution in [0.15, 0.2) is 85.2 Å². The summed E-state index contributed by atoms with van der Waals surface area (Å²) in [5.41, 5.74) is 4.79. The highest BCUT2D eigenvalue weighted by atomic mass is 14.7. The van der Waals surface area contributed by atoms with E-state index in [2.05, 4.69) is 76.7 Å². The second-order valence-electron chi connectivity index (χ2n) is 5.39. The van der Waals surface area contributed by atoms with E-state index in [1.54, 1.807) is 0 Å². The standard InChI is InChI=1S/C20H16N2/c1-2-7-15(8-3-1)20(19-12-6-14-22-19)17-9-4-11-18-16(17)10-5-13-21-18/h1-14,20,22H. The van der Waals surface area contributed by atoms with Crippen LogP contribution in [0.3, 0.4) is 0 Å². The number of aromatic nitrogens is 2. The van der Waals surface area contributed by atoms with Crippen molar-refractivity contribution < 1.29 is 0 Å². The number of aromatic amines is 1. The molecule has 4 rings (SSSR count). The third kappa shape index (κ3) is 2.19. The van der Waals surface area contributed by atoms with E-state index in [1.807, 2.05) is 18.5 Å². The second kappa shape index (κ2) is 5.49. The van der Waals surface area contributed by atoms with Crippen molar-refractivity contribution in [1.82, 2.24) is 9.97 Å². The third-order valence-electron chi connectivity index (χ3n) is 4.06. The van der Waals surface area contributed by atoms with Gasteiger partial charge in [0, 0.05) is 29.4 Å². The molecule has 4 aromatic rings. The van der Waals surface area contributed by atoms with Gasteiger partial charge in [0.15, 0.2) is 0 Å². The normalized spacial score (nSPS) is 12.4. The summed E-state index contributed by atoms with van der Waals surface area (Å²) < 4.78 is 0. The first-order valence-electron chi connectivity index (χ1n) is 7.45. The molecule has 2 nitrogen and oxygen atoms in total. The molecule has 2 aromatic heterocycles. The lowest BCUT2D eigenvalue weighted by Gasteiger charge is -2.19. The van der Waals surface area contributed by atoms with E-state index in [4.69, 9.17) is 0 Å². The average molecular weight is 284 g/mol. The molecule has 1 N–H and O–H groups in total. The highest BCUT2D eigenvalue weighted by molar-refractivity contribution is 5.83. The van der Waals surface area contributed by atoms with Gasteiger partial charge in [-0.15, -0.1) is 0 Å². The maximum Gasteiger partial charge on any atom is 0.0705 e. The van der Waals surface area contributed by atoms with E-state index in [0.717, 1.165) is 5.52 Å². The summed E-state index contributed by atoms with van der Waals surface area (Å²) in [5, 5.41) is 1.20. The number of fused-ring (bicyclic) bond motifs is 1. The van der Waals surface area contributed by atoms with Crippen LogP contribution in [0, 0.1) is 0 Å². The van der Waals surface area contributed by atoms with Crippen LogP contribution in [-0.2, 0) is 0 Å². The maximum absolute atomic E-state index is 4.49. The van der Waals surface area contributed by atoms with E-state index >= 15 is 0 Å². The molecule has 0 amide bonds. The van der Waals surface area contributed by atoms with Crippen LogP contribution in [0.1, 0.15) is 22.7 Å². The predicted molar refractivity (Wildman–Crippen MR) is 89.9 cm³/mol. The van der Waals surface area contributed by atoms with Crippen LogP contribution in [0.25, 0.3) is 10.9 Å². The van der Waals surface area contributed by atoms with E-state index in [-0.39, 0.29) is 5.92 Å². The summed E-state index contributed by atoms with van der Waals surface area (Å²) in [4.78, 5) is 7.87. The number of rotatable bonds is 3. The van der Waals surface area contributed by atoms with Gasteiger partial charge in [-0.3, -0.25) is 4.98 Å². The summed E-state index contributed by atoms with van der Waals surface area (Å²) >= 11 is 0. The van der Waals surface area contributed by atoms with Gasteiger partial charge >= 0.3 is 0 Å². The molecule has 0 saturated heterocycles. The molecule has 0 bridgehead atoms. The quantitative estimate of drug-likeness (QED) is 0.578. The summed E-state index contributed by atoms with van der Waals surface area (Å²) in [6, 6.07) is 25.3. The summed E-state index contributed by atoms with van der Waals surface area (Å²) in [6.45, 7) is 0. The highest BCUT2D eigenvalue weighted by Gasteiger charge is 2.19. The number of H-pyrrole nitrogens is 1. The molecule has 1 atom stereocenters. The van der Waals surface area contributed by atoms with Crippen LogP contribution in [0.5, 0.6) is 0 Å². The van der Waals surface area contributed by atoms with Gasteiger partial charge in [-0.25, -0.2) is 0 Å². The van der Waals surface area contributed by atoms with E-state index < -0.39 is 0 Å². The smallest absolute Gasteiger partial charge is 0.0705 e. The van der Waals surface area contributed by atoms with Crippen LogP contribution < -0.4 is 0 Å². The summed E-state index contributed by atoms with van der Waals surface area (Å²) in [5.74, 6) is 0.184. The minimum Gasteiger partial charge on any atom is -0.364 e. The van der Waals surface area contributed by atoms with Crippen molar-refractivity contribution in [1.29, 1.82) is 0 Å². The molecule has 0 spiro atoms. The van der Waals surface area contributed by atoms with E-state index in [1.165, 1.54) is 22.2 Å². The van der Waals surface area contributed by atoms with Crippen LogP contribution in [-0.4, -0.2) is 9.97 Å². The fourth-order valence-corrected chi connectivity index (χ4v) is 3.07. The van der Waals surface area contributed by atoms with Gasteiger partial charge in [0.1, 0.15) is 0 Å². The van der Waals surface area contributed by atoms with Crippen molar-refractivity contribution in [2.75, 3.05) is 0 Å². The minimum absolute atomic E-state index is 0.184. The van der Waals surface area contributed by atoms with Gasteiger partial charge < -0.3 is 4.98 Å². The van der Waals surface area contributed by atoms with Gasteiger partial charge in [0.05, 0.1) is 5.52 Å². The van der Waals surface area contributed by atoms with Crippen LogP contribution in [0.2, 0.25) is 0 Å². The van der Waals surface area contributed by atoms with E-state index in [0.29, 0.717) is 0 Å². The van der Waals surface area contributed by atoms with Gasteiger partial charge in [-0.2, -0.15) is 0 Å². The Kier molecular flexibility index (Phi) is 3.20. The second-order valence-corrected chi connectivity index (χ2v) is 5.39. The number of nitrogens with one attached hydrogen (secondary N) is 1. The van der Waals surface area contributed by atoms with Crippen molar-refractivity contribution in [2.24, 2.45) is 0 Å². The van der Waals surface area contributed by atoms with Gasteiger partial charge in [0.25, 0.3) is 0 Å². The summed E-state index contributed by atoms with van der Waals surface area (Å²) in [6.07, 6.45) is 3.83. The zero-order chi connectivity index (χ0) is 14.8. The van der Waals surface area contributed by atoms with Crippen molar-refractivity contribution >= 4 is 10.9 Å². The first-order valence-corrected chi connectivity index (χ1v) is 7.45. The minimum atomic E-state index is 0.184. The molecular formula is C20H16N2. The Morgan fingerprint density at radius 3 is 2.50 bits per heavy atom. The molecule has 0 fully saturated rings. The molecule has 22 heavy (non-hydrogen) atoms.